The van der Waals surface area contributed by atoms with Crippen LogP contribution in [0.25, 0.3) is 0 Å². The summed E-state index contributed by atoms with van der Waals surface area (Å²) in [4.78, 5) is 28.3. The summed E-state index contributed by atoms with van der Waals surface area (Å²) in [6.45, 7) is 11.5. The van der Waals surface area contributed by atoms with Crippen molar-refractivity contribution in [3.8, 4) is 0 Å². The molecule has 152 valence electrons. The maximum Gasteiger partial charge on any atom is 0.251 e. The van der Waals surface area contributed by atoms with E-state index >= 15 is 0 Å². The molecule has 0 aliphatic carbocycles. The van der Waals surface area contributed by atoms with Crippen LogP contribution in [0.2, 0.25) is 0 Å². The summed E-state index contributed by atoms with van der Waals surface area (Å²) >= 11 is 0. The van der Waals surface area contributed by atoms with Gasteiger partial charge in [-0.15, -0.1) is 24.0 Å². The lowest BCUT2D eigenvalue weighted by Crippen LogP contribution is -2.48. The smallest absolute Gasteiger partial charge is 0.251 e. The van der Waals surface area contributed by atoms with Crippen molar-refractivity contribution < 1.29 is 9.59 Å². The van der Waals surface area contributed by atoms with Crippen LogP contribution in [0.15, 0.2) is 29.3 Å². The summed E-state index contributed by atoms with van der Waals surface area (Å²) in [7, 11) is 0. The van der Waals surface area contributed by atoms with Gasteiger partial charge in [0.2, 0.25) is 5.91 Å². The van der Waals surface area contributed by atoms with Crippen molar-refractivity contribution in [3.05, 3.63) is 35.4 Å². The van der Waals surface area contributed by atoms with Crippen molar-refractivity contribution in [2.24, 2.45) is 4.99 Å². The molecule has 0 aliphatic heterocycles. The summed E-state index contributed by atoms with van der Waals surface area (Å²) in [5.74, 6) is 0.364. The fourth-order valence-electron chi connectivity index (χ4n) is 2.21. The number of benzene rings is 1. The van der Waals surface area contributed by atoms with Gasteiger partial charge in [0, 0.05) is 24.2 Å². The van der Waals surface area contributed by atoms with Gasteiger partial charge in [-0.25, -0.2) is 4.99 Å². The molecular formula is C19H32IN5O2. The molecule has 8 heteroatoms. The number of rotatable bonds is 7. The van der Waals surface area contributed by atoms with Crippen LogP contribution < -0.4 is 21.3 Å². The number of nitrogens with one attached hydrogen (secondary N) is 4. The molecule has 4 N–H and O–H groups in total. The first kappa shape index (κ1) is 25.2. The van der Waals surface area contributed by atoms with E-state index in [-0.39, 0.29) is 47.9 Å². The van der Waals surface area contributed by atoms with Gasteiger partial charge in [-0.1, -0.05) is 12.1 Å². The zero-order valence-electron chi connectivity index (χ0n) is 16.8. The zero-order valence-corrected chi connectivity index (χ0v) is 19.1. The normalized spacial score (nSPS) is 11.2. The summed E-state index contributed by atoms with van der Waals surface area (Å²) in [5.41, 5.74) is 1.26. The number of hydrogen-bond acceptors (Lipinski definition) is 3. The van der Waals surface area contributed by atoms with Crippen LogP contribution in [0, 0.1) is 0 Å². The van der Waals surface area contributed by atoms with Crippen LogP contribution in [0.4, 0.5) is 0 Å². The van der Waals surface area contributed by atoms with E-state index in [2.05, 4.69) is 26.3 Å². The Hall–Kier alpha value is -1.84. The first-order chi connectivity index (χ1) is 12.2. The molecule has 0 saturated heterocycles. The Balaban J connectivity index is 0.00000676. The lowest BCUT2D eigenvalue weighted by atomic mass is 10.1. The maximum absolute atomic E-state index is 11.9. The molecule has 2 amide bonds. The number of amides is 2. The molecule has 0 aromatic heterocycles. The van der Waals surface area contributed by atoms with Crippen LogP contribution in [0.3, 0.4) is 0 Å². The van der Waals surface area contributed by atoms with E-state index in [0.717, 1.165) is 5.56 Å². The number of aliphatic imine (C=N–C) groups is 1. The minimum absolute atomic E-state index is 0. The van der Waals surface area contributed by atoms with E-state index in [0.29, 0.717) is 31.2 Å². The average Bonchev–Trinajstić information content (AvgIpc) is 2.56. The SMILES string of the molecule is CCNC(=O)c1cccc(CN=C(NCC)NCC(=O)NC(C)(C)C)c1.I. The summed E-state index contributed by atoms with van der Waals surface area (Å²) < 4.78 is 0. The number of carbonyl (C=O) groups excluding carboxylic acids is 2. The minimum atomic E-state index is -0.270. The molecule has 1 rings (SSSR count). The Morgan fingerprint density at radius 2 is 1.70 bits per heavy atom. The van der Waals surface area contributed by atoms with Gasteiger partial charge in [-0.05, 0) is 52.3 Å². The molecule has 0 radical (unpaired) electrons. The fraction of sp³-hybridized carbons (Fsp3) is 0.526. The van der Waals surface area contributed by atoms with Crippen molar-refractivity contribution in [3.63, 3.8) is 0 Å². The molecule has 1 aromatic carbocycles. The first-order valence-electron chi connectivity index (χ1n) is 8.95. The molecule has 0 saturated carbocycles. The molecule has 0 spiro atoms. The quantitative estimate of drug-likeness (QED) is 0.268. The molecule has 0 bridgehead atoms. The van der Waals surface area contributed by atoms with Gasteiger partial charge in [0.25, 0.3) is 5.91 Å². The third-order valence-electron chi connectivity index (χ3n) is 3.22. The first-order valence-corrected chi connectivity index (χ1v) is 8.95. The van der Waals surface area contributed by atoms with Crippen LogP contribution in [0.5, 0.6) is 0 Å². The number of halogens is 1. The summed E-state index contributed by atoms with van der Waals surface area (Å²) in [5, 5.41) is 11.8. The molecule has 1 aromatic rings. The predicted molar refractivity (Wildman–Crippen MR) is 121 cm³/mol. The molecule has 7 nitrogen and oxygen atoms in total. The molecule has 0 atom stereocenters. The largest absolute Gasteiger partial charge is 0.357 e. The van der Waals surface area contributed by atoms with Crippen LogP contribution >= 0.6 is 24.0 Å². The van der Waals surface area contributed by atoms with Crippen molar-refractivity contribution >= 4 is 41.8 Å². The van der Waals surface area contributed by atoms with Crippen molar-refractivity contribution in [1.82, 2.24) is 21.3 Å². The van der Waals surface area contributed by atoms with Gasteiger partial charge in [-0.2, -0.15) is 0 Å². The minimum Gasteiger partial charge on any atom is -0.357 e. The van der Waals surface area contributed by atoms with E-state index in [1.165, 1.54) is 0 Å². The monoisotopic (exact) mass is 489 g/mol. The Morgan fingerprint density at radius 3 is 2.30 bits per heavy atom. The van der Waals surface area contributed by atoms with E-state index in [1.54, 1.807) is 6.07 Å². The third kappa shape index (κ3) is 10.8. The lowest BCUT2D eigenvalue weighted by molar-refractivity contribution is -0.121. The molecule has 0 aliphatic rings. The second kappa shape index (κ2) is 12.5. The van der Waals surface area contributed by atoms with Gasteiger partial charge < -0.3 is 21.3 Å². The third-order valence-corrected chi connectivity index (χ3v) is 3.22. The molecule has 0 heterocycles. The van der Waals surface area contributed by atoms with Gasteiger partial charge >= 0.3 is 0 Å². The molecule has 0 unspecified atom stereocenters. The molecule has 0 fully saturated rings. The van der Waals surface area contributed by atoms with Gasteiger partial charge in [0.15, 0.2) is 5.96 Å². The van der Waals surface area contributed by atoms with Gasteiger partial charge in [-0.3, -0.25) is 9.59 Å². The van der Waals surface area contributed by atoms with Crippen molar-refractivity contribution in [1.29, 1.82) is 0 Å². The Morgan fingerprint density at radius 1 is 1.04 bits per heavy atom. The highest BCUT2D eigenvalue weighted by atomic mass is 127. The summed E-state index contributed by atoms with van der Waals surface area (Å²) in [6, 6.07) is 7.36. The maximum atomic E-state index is 11.9. The number of nitrogens with zero attached hydrogens (tertiary/aromatic N) is 1. The second-order valence-corrected chi connectivity index (χ2v) is 6.91. The van der Waals surface area contributed by atoms with E-state index in [9.17, 15) is 9.59 Å². The Kier molecular flexibility index (Phi) is 11.7. The number of guanidine groups is 1. The van der Waals surface area contributed by atoms with Crippen LogP contribution in [0.1, 0.15) is 50.5 Å². The number of carbonyl (C=O) groups is 2. The van der Waals surface area contributed by atoms with E-state index < -0.39 is 0 Å². The highest BCUT2D eigenvalue weighted by Gasteiger charge is 2.13. The molecular weight excluding hydrogens is 457 g/mol. The van der Waals surface area contributed by atoms with Crippen LogP contribution in [-0.2, 0) is 11.3 Å². The van der Waals surface area contributed by atoms with E-state index in [1.807, 2.05) is 52.8 Å². The highest BCUT2D eigenvalue weighted by Crippen LogP contribution is 2.06. The fourth-order valence-corrected chi connectivity index (χ4v) is 2.21. The topological polar surface area (TPSA) is 94.6 Å². The van der Waals surface area contributed by atoms with Gasteiger partial charge in [0.05, 0.1) is 13.1 Å². The van der Waals surface area contributed by atoms with E-state index in [4.69, 9.17) is 0 Å². The highest BCUT2D eigenvalue weighted by molar-refractivity contribution is 14.0. The molecule has 27 heavy (non-hydrogen) atoms. The van der Waals surface area contributed by atoms with Crippen LogP contribution in [-0.4, -0.2) is 42.9 Å². The Labute approximate surface area is 179 Å². The number of hydrogen-bond donors (Lipinski definition) is 4. The zero-order chi connectivity index (χ0) is 19.6. The Bertz CT molecular complexity index is 641. The van der Waals surface area contributed by atoms with Gasteiger partial charge in [0.1, 0.15) is 0 Å². The summed E-state index contributed by atoms with van der Waals surface area (Å²) in [6.07, 6.45) is 0. The van der Waals surface area contributed by atoms with Crippen molar-refractivity contribution in [2.45, 2.75) is 46.7 Å². The average molecular weight is 489 g/mol. The standard InChI is InChI=1S/C19H31N5O2.HI/c1-6-20-17(26)15-10-8-9-14(11-15)12-22-18(21-7-2)23-13-16(25)24-19(3,4)5;/h8-11H,6-7,12-13H2,1-5H3,(H,20,26)(H,24,25)(H2,21,22,23);1H. The van der Waals surface area contributed by atoms with Crippen molar-refractivity contribution in [2.75, 3.05) is 19.6 Å². The predicted octanol–water partition coefficient (Wildman–Crippen LogP) is 2.02. The second-order valence-electron chi connectivity index (χ2n) is 6.91. The lowest BCUT2D eigenvalue weighted by Gasteiger charge is -2.21.